The van der Waals surface area contributed by atoms with Gasteiger partial charge in [-0.3, -0.25) is 9.69 Å². The van der Waals surface area contributed by atoms with Crippen LogP contribution in [0, 0.1) is 0 Å². The van der Waals surface area contributed by atoms with E-state index in [4.69, 9.17) is 16.3 Å². The van der Waals surface area contributed by atoms with E-state index in [1.807, 2.05) is 0 Å². The number of benzene rings is 2. The van der Waals surface area contributed by atoms with Crippen LogP contribution in [0.15, 0.2) is 48.5 Å². The summed E-state index contributed by atoms with van der Waals surface area (Å²) in [6.45, 7) is 2.80. The molecule has 3 rings (SSSR count). The Hall–Kier alpha value is -2.57. The molecule has 1 fully saturated rings. The number of rotatable bonds is 5. The van der Waals surface area contributed by atoms with E-state index in [0.717, 1.165) is 5.75 Å². The number of ether oxygens (including phenoxy) is 1. The van der Waals surface area contributed by atoms with Crippen LogP contribution in [0.5, 0.6) is 5.75 Å². The summed E-state index contributed by atoms with van der Waals surface area (Å²) in [4.78, 5) is 28.6. The van der Waals surface area contributed by atoms with Crippen molar-refractivity contribution in [1.82, 2.24) is 9.80 Å². The zero-order valence-electron chi connectivity index (χ0n) is 15.2. The minimum atomic E-state index is -0.154. The molecule has 27 heavy (non-hydrogen) atoms. The molecular formula is C20H22ClN3O3. The van der Waals surface area contributed by atoms with Crippen LogP contribution in [0.2, 0.25) is 5.02 Å². The van der Waals surface area contributed by atoms with Gasteiger partial charge in [-0.25, -0.2) is 4.79 Å². The molecule has 1 aliphatic rings. The topological polar surface area (TPSA) is 61.9 Å². The quantitative estimate of drug-likeness (QED) is 0.799. The molecule has 6 nitrogen and oxygen atoms in total. The van der Waals surface area contributed by atoms with Gasteiger partial charge in [0.1, 0.15) is 5.75 Å². The lowest BCUT2D eigenvalue weighted by molar-refractivity contribution is 0.0884. The lowest BCUT2D eigenvalue weighted by Gasteiger charge is -2.34. The molecule has 1 heterocycles. The summed E-state index contributed by atoms with van der Waals surface area (Å²) in [6.07, 6.45) is 0. The third-order valence-corrected chi connectivity index (χ3v) is 4.75. The van der Waals surface area contributed by atoms with Gasteiger partial charge in [-0.15, -0.1) is 0 Å². The highest BCUT2D eigenvalue weighted by atomic mass is 35.5. The molecule has 0 bridgehead atoms. The molecule has 0 atom stereocenters. The molecule has 7 heteroatoms. The smallest absolute Gasteiger partial charge is 0.321 e. The first-order valence-corrected chi connectivity index (χ1v) is 9.14. The number of Topliss-reactive ketones (excluding diaryl/α,β-unsaturated/α-hetero) is 1. The number of nitrogens with zero attached hydrogens (tertiary/aromatic N) is 2. The van der Waals surface area contributed by atoms with Gasteiger partial charge < -0.3 is 15.0 Å². The van der Waals surface area contributed by atoms with Gasteiger partial charge in [-0.05, 0) is 42.5 Å². The van der Waals surface area contributed by atoms with Crippen LogP contribution < -0.4 is 10.1 Å². The third kappa shape index (κ3) is 5.21. The second kappa shape index (κ2) is 8.88. The second-order valence-corrected chi connectivity index (χ2v) is 6.79. The Kier molecular flexibility index (Phi) is 6.32. The van der Waals surface area contributed by atoms with Crippen LogP contribution in [-0.2, 0) is 0 Å². The molecule has 1 saturated heterocycles. The minimum absolute atomic E-state index is 0.0643. The molecule has 0 aliphatic carbocycles. The van der Waals surface area contributed by atoms with Crippen LogP contribution in [-0.4, -0.2) is 61.4 Å². The van der Waals surface area contributed by atoms with Crippen LogP contribution in [0.1, 0.15) is 10.4 Å². The van der Waals surface area contributed by atoms with Gasteiger partial charge in [0, 0.05) is 42.5 Å². The van der Waals surface area contributed by atoms with Gasteiger partial charge in [-0.1, -0.05) is 17.7 Å². The summed E-state index contributed by atoms with van der Waals surface area (Å²) in [5, 5.41) is 3.43. The van der Waals surface area contributed by atoms with Crippen molar-refractivity contribution in [3.8, 4) is 5.75 Å². The number of ketones is 1. The van der Waals surface area contributed by atoms with Crippen molar-refractivity contribution in [2.24, 2.45) is 0 Å². The molecule has 1 aliphatic heterocycles. The molecule has 0 saturated carbocycles. The van der Waals surface area contributed by atoms with E-state index in [9.17, 15) is 9.59 Å². The average molecular weight is 388 g/mol. The molecule has 1 N–H and O–H groups in total. The lowest BCUT2D eigenvalue weighted by atomic mass is 10.1. The van der Waals surface area contributed by atoms with E-state index in [1.165, 1.54) is 0 Å². The number of carbonyl (C=O) groups is 2. The summed E-state index contributed by atoms with van der Waals surface area (Å²) in [5.41, 5.74) is 1.33. The first kappa shape index (κ1) is 19.2. The first-order chi connectivity index (χ1) is 13.0. The Labute approximate surface area is 163 Å². The minimum Gasteiger partial charge on any atom is -0.497 e. The summed E-state index contributed by atoms with van der Waals surface area (Å²) >= 11 is 5.94. The number of piperazine rings is 1. The first-order valence-electron chi connectivity index (χ1n) is 8.76. The Morgan fingerprint density at radius 2 is 1.78 bits per heavy atom. The molecule has 2 aromatic rings. The van der Waals surface area contributed by atoms with Crippen molar-refractivity contribution in [3.63, 3.8) is 0 Å². The Balaban J connectivity index is 1.48. The third-order valence-electron chi connectivity index (χ3n) is 4.51. The fourth-order valence-electron chi connectivity index (χ4n) is 2.95. The number of urea groups is 1. The molecule has 2 amide bonds. The van der Waals surface area contributed by atoms with E-state index < -0.39 is 0 Å². The zero-order chi connectivity index (χ0) is 19.2. The van der Waals surface area contributed by atoms with E-state index >= 15 is 0 Å². The zero-order valence-corrected chi connectivity index (χ0v) is 15.9. The maximum atomic E-state index is 12.4. The lowest BCUT2D eigenvalue weighted by Crippen LogP contribution is -2.51. The summed E-state index contributed by atoms with van der Waals surface area (Å²) < 4.78 is 5.11. The number of methoxy groups -OCH3 is 1. The van der Waals surface area contributed by atoms with E-state index in [2.05, 4.69) is 10.2 Å². The summed E-state index contributed by atoms with van der Waals surface area (Å²) in [5.74, 6) is 0.792. The Morgan fingerprint density at radius 1 is 1.07 bits per heavy atom. The van der Waals surface area contributed by atoms with Crippen molar-refractivity contribution >= 4 is 29.1 Å². The number of halogens is 1. The average Bonchev–Trinajstić information content (AvgIpc) is 2.68. The van der Waals surface area contributed by atoms with Gasteiger partial charge in [0.2, 0.25) is 0 Å². The summed E-state index contributed by atoms with van der Waals surface area (Å²) in [6, 6.07) is 14.0. The maximum Gasteiger partial charge on any atom is 0.321 e. The van der Waals surface area contributed by atoms with E-state index in [0.29, 0.717) is 49.0 Å². The molecule has 0 aromatic heterocycles. The van der Waals surface area contributed by atoms with Crippen LogP contribution in [0.25, 0.3) is 0 Å². The molecule has 2 aromatic carbocycles. The molecule has 0 radical (unpaired) electrons. The highest BCUT2D eigenvalue weighted by Crippen LogP contribution is 2.16. The predicted octanol–water partition coefficient (Wildman–Crippen LogP) is 3.38. The van der Waals surface area contributed by atoms with Gasteiger partial charge in [0.25, 0.3) is 0 Å². The molecule has 0 spiro atoms. The van der Waals surface area contributed by atoms with Crippen LogP contribution in [0.4, 0.5) is 10.5 Å². The van der Waals surface area contributed by atoms with Crippen molar-refractivity contribution in [3.05, 3.63) is 59.1 Å². The monoisotopic (exact) mass is 387 g/mol. The van der Waals surface area contributed by atoms with Gasteiger partial charge in [-0.2, -0.15) is 0 Å². The number of nitrogens with one attached hydrogen (secondary N) is 1. The largest absolute Gasteiger partial charge is 0.497 e. The summed E-state index contributed by atoms with van der Waals surface area (Å²) in [7, 11) is 1.60. The van der Waals surface area contributed by atoms with Crippen LogP contribution in [0.3, 0.4) is 0 Å². The molecular weight excluding hydrogens is 366 g/mol. The van der Waals surface area contributed by atoms with E-state index in [-0.39, 0.29) is 11.8 Å². The Bertz CT molecular complexity index is 802. The predicted molar refractivity (Wildman–Crippen MR) is 106 cm³/mol. The fraction of sp³-hybridized carbons (Fsp3) is 0.300. The number of hydrogen-bond donors (Lipinski definition) is 1. The Morgan fingerprint density at radius 3 is 2.41 bits per heavy atom. The van der Waals surface area contributed by atoms with Gasteiger partial charge in [0.05, 0.1) is 13.7 Å². The van der Waals surface area contributed by atoms with Gasteiger partial charge in [0.15, 0.2) is 5.78 Å². The SMILES string of the molecule is COc1ccc(C(=O)CN2CCN(C(=O)Nc3cccc(Cl)c3)CC2)cc1. The standard InChI is InChI=1S/C20H22ClN3O3/c1-27-18-7-5-15(6-8-18)19(25)14-23-9-11-24(12-10-23)20(26)22-17-4-2-3-16(21)13-17/h2-8,13H,9-12,14H2,1H3,(H,22,26). The number of carbonyl (C=O) groups excluding carboxylic acids is 2. The maximum absolute atomic E-state index is 12.4. The highest BCUT2D eigenvalue weighted by molar-refractivity contribution is 6.30. The number of anilines is 1. The van der Waals surface area contributed by atoms with Crippen molar-refractivity contribution in [1.29, 1.82) is 0 Å². The number of hydrogen-bond acceptors (Lipinski definition) is 4. The van der Waals surface area contributed by atoms with Crippen molar-refractivity contribution in [2.45, 2.75) is 0 Å². The van der Waals surface area contributed by atoms with Crippen LogP contribution >= 0.6 is 11.6 Å². The molecule has 142 valence electrons. The molecule has 0 unspecified atom stereocenters. The van der Waals surface area contributed by atoms with E-state index in [1.54, 1.807) is 60.5 Å². The van der Waals surface area contributed by atoms with Crippen molar-refractivity contribution in [2.75, 3.05) is 45.2 Å². The fourth-order valence-corrected chi connectivity index (χ4v) is 3.14. The normalized spacial score (nSPS) is 14.7. The van der Waals surface area contributed by atoms with Crippen molar-refractivity contribution < 1.29 is 14.3 Å². The second-order valence-electron chi connectivity index (χ2n) is 6.36. The highest BCUT2D eigenvalue weighted by Gasteiger charge is 2.23. The van der Waals surface area contributed by atoms with Gasteiger partial charge >= 0.3 is 6.03 Å². The number of amides is 2.